The number of benzene rings is 1. The number of rotatable bonds is 9. The molecule has 40 heavy (non-hydrogen) atoms. The highest BCUT2D eigenvalue weighted by Gasteiger charge is 2.32. The van der Waals surface area contributed by atoms with E-state index in [1.165, 1.54) is 11.4 Å². The van der Waals surface area contributed by atoms with Gasteiger partial charge in [-0.3, -0.25) is 4.98 Å². The number of pyridine rings is 1. The second-order valence-electron chi connectivity index (χ2n) is 9.92. The summed E-state index contributed by atoms with van der Waals surface area (Å²) in [5.74, 6) is 0.378. The number of aliphatic hydroxyl groups is 1. The van der Waals surface area contributed by atoms with Crippen LogP contribution in [0.5, 0.6) is 5.75 Å². The molecule has 1 saturated heterocycles. The van der Waals surface area contributed by atoms with Crippen molar-refractivity contribution in [1.29, 1.82) is 0 Å². The quantitative estimate of drug-likeness (QED) is 0.298. The fourth-order valence-corrected chi connectivity index (χ4v) is 6.92. The summed E-state index contributed by atoms with van der Waals surface area (Å²) in [5, 5.41) is 17.7. The van der Waals surface area contributed by atoms with E-state index in [-0.39, 0.29) is 28.3 Å². The lowest BCUT2D eigenvalue weighted by molar-refractivity contribution is 0.170. The number of hydrogen-bond acceptors (Lipinski definition) is 8. The number of aromatic nitrogens is 4. The number of aliphatic hydroxyl groups excluding tert-OH is 1. The maximum atomic E-state index is 13.7. The topological polar surface area (TPSA) is 122 Å². The molecule has 1 fully saturated rings. The molecule has 4 heterocycles. The maximum absolute atomic E-state index is 13.7. The Morgan fingerprint density at radius 3 is 2.65 bits per heavy atom. The van der Waals surface area contributed by atoms with E-state index in [4.69, 9.17) is 21.3 Å². The van der Waals surface area contributed by atoms with Crippen LogP contribution in [0.25, 0.3) is 16.9 Å². The highest BCUT2D eigenvalue weighted by molar-refractivity contribution is 7.89. The van der Waals surface area contributed by atoms with Crippen molar-refractivity contribution < 1.29 is 18.3 Å². The second kappa shape index (κ2) is 11.7. The molecular formula is C28H33ClN6O4S. The van der Waals surface area contributed by atoms with Crippen LogP contribution in [-0.4, -0.2) is 64.2 Å². The zero-order chi connectivity index (χ0) is 28.4. The minimum Gasteiger partial charge on any atom is -0.495 e. The lowest BCUT2D eigenvalue weighted by Crippen LogP contribution is -2.39. The van der Waals surface area contributed by atoms with Gasteiger partial charge in [0, 0.05) is 49.8 Å². The molecule has 1 aromatic carbocycles. The monoisotopic (exact) mass is 584 g/mol. The van der Waals surface area contributed by atoms with Gasteiger partial charge in [-0.2, -0.15) is 9.40 Å². The number of sulfonamides is 1. The van der Waals surface area contributed by atoms with Crippen LogP contribution in [0, 0.1) is 12.8 Å². The minimum atomic E-state index is -3.84. The van der Waals surface area contributed by atoms with E-state index in [1.54, 1.807) is 35.0 Å². The number of methoxy groups -OCH3 is 1. The molecule has 0 unspecified atom stereocenters. The summed E-state index contributed by atoms with van der Waals surface area (Å²) in [6, 6.07) is 10.8. The Balaban J connectivity index is 1.53. The van der Waals surface area contributed by atoms with Crippen LogP contribution < -0.4 is 10.1 Å². The van der Waals surface area contributed by atoms with Crippen LogP contribution in [0.1, 0.15) is 36.7 Å². The Morgan fingerprint density at radius 1 is 1.18 bits per heavy atom. The average Bonchev–Trinajstić information content (AvgIpc) is 3.31. The second-order valence-corrected chi connectivity index (χ2v) is 12.2. The molecule has 1 aliphatic rings. The van der Waals surface area contributed by atoms with Gasteiger partial charge in [0.05, 0.1) is 24.2 Å². The Bertz CT molecular complexity index is 1630. The summed E-state index contributed by atoms with van der Waals surface area (Å²) >= 11 is 6.45. The van der Waals surface area contributed by atoms with Crippen molar-refractivity contribution in [3.63, 3.8) is 0 Å². The third-order valence-corrected chi connectivity index (χ3v) is 9.45. The van der Waals surface area contributed by atoms with E-state index >= 15 is 0 Å². The predicted molar refractivity (Wildman–Crippen MR) is 154 cm³/mol. The van der Waals surface area contributed by atoms with Crippen molar-refractivity contribution in [3.05, 3.63) is 64.7 Å². The van der Waals surface area contributed by atoms with Gasteiger partial charge in [-0.05, 0) is 68.0 Å². The zero-order valence-electron chi connectivity index (χ0n) is 22.8. The van der Waals surface area contributed by atoms with Gasteiger partial charge < -0.3 is 15.2 Å². The number of halogens is 1. The van der Waals surface area contributed by atoms with E-state index in [0.29, 0.717) is 60.8 Å². The fraction of sp³-hybridized carbons (Fsp3) is 0.393. The molecule has 0 radical (unpaired) electrons. The lowest BCUT2D eigenvalue weighted by Gasteiger charge is -2.30. The third-order valence-electron chi connectivity index (χ3n) is 7.34. The molecule has 0 bridgehead atoms. The van der Waals surface area contributed by atoms with E-state index in [1.807, 2.05) is 13.0 Å². The molecule has 212 valence electrons. The van der Waals surface area contributed by atoms with Crippen LogP contribution in [0.3, 0.4) is 0 Å². The third kappa shape index (κ3) is 5.51. The SMILES string of the molecule is CCc1cc(CNc2cc(Cl)nn3c(-c4ccc(OC)c(S(=O)(=O)N5CCC(CO)CC5)c4)c(C)nc23)ccn1. The predicted octanol–water partition coefficient (Wildman–Crippen LogP) is 4.33. The maximum Gasteiger partial charge on any atom is 0.246 e. The fourth-order valence-electron chi connectivity index (χ4n) is 5.08. The highest BCUT2D eigenvalue weighted by Crippen LogP contribution is 2.36. The number of nitrogens with one attached hydrogen (secondary N) is 1. The van der Waals surface area contributed by atoms with Crippen molar-refractivity contribution >= 4 is 33.0 Å². The number of nitrogens with zero attached hydrogens (tertiary/aromatic N) is 5. The van der Waals surface area contributed by atoms with Gasteiger partial charge in [0.25, 0.3) is 0 Å². The van der Waals surface area contributed by atoms with Crippen molar-refractivity contribution in [3.8, 4) is 17.0 Å². The molecule has 0 atom stereocenters. The normalized spacial score (nSPS) is 15.0. The van der Waals surface area contributed by atoms with Gasteiger partial charge in [-0.1, -0.05) is 18.5 Å². The van der Waals surface area contributed by atoms with Crippen molar-refractivity contribution in [2.24, 2.45) is 5.92 Å². The first-order valence-electron chi connectivity index (χ1n) is 13.3. The van der Waals surface area contributed by atoms with Gasteiger partial charge in [0.1, 0.15) is 10.6 Å². The molecule has 2 N–H and O–H groups in total. The first-order valence-corrected chi connectivity index (χ1v) is 15.1. The minimum absolute atomic E-state index is 0.0645. The summed E-state index contributed by atoms with van der Waals surface area (Å²) in [7, 11) is -2.39. The summed E-state index contributed by atoms with van der Waals surface area (Å²) < 4.78 is 36.0. The van der Waals surface area contributed by atoms with Crippen molar-refractivity contribution in [2.75, 3.05) is 32.1 Å². The van der Waals surface area contributed by atoms with Crippen LogP contribution in [0.15, 0.2) is 47.5 Å². The van der Waals surface area contributed by atoms with Crippen LogP contribution in [0.4, 0.5) is 5.69 Å². The molecule has 12 heteroatoms. The number of imidazole rings is 1. The number of anilines is 1. The number of fused-ring (bicyclic) bond motifs is 1. The number of hydrogen-bond donors (Lipinski definition) is 2. The van der Waals surface area contributed by atoms with Gasteiger partial charge in [0.2, 0.25) is 10.0 Å². The molecule has 0 amide bonds. The van der Waals surface area contributed by atoms with Gasteiger partial charge in [0.15, 0.2) is 10.8 Å². The van der Waals surface area contributed by atoms with Gasteiger partial charge in [-0.25, -0.2) is 17.9 Å². The molecule has 1 aliphatic heterocycles. The Morgan fingerprint density at radius 2 is 1.95 bits per heavy atom. The summed E-state index contributed by atoms with van der Waals surface area (Å²) in [5.41, 5.74) is 5.30. The number of piperidine rings is 1. The molecule has 0 saturated carbocycles. The largest absolute Gasteiger partial charge is 0.495 e. The van der Waals surface area contributed by atoms with Gasteiger partial charge >= 0.3 is 0 Å². The zero-order valence-corrected chi connectivity index (χ0v) is 24.3. The Kier molecular flexibility index (Phi) is 8.27. The number of aryl methyl sites for hydroxylation is 2. The first-order chi connectivity index (χ1) is 19.2. The highest BCUT2D eigenvalue weighted by atomic mass is 35.5. The van der Waals surface area contributed by atoms with E-state index < -0.39 is 10.0 Å². The van der Waals surface area contributed by atoms with Gasteiger partial charge in [-0.15, -0.1) is 0 Å². The molecule has 10 nitrogen and oxygen atoms in total. The molecular weight excluding hydrogens is 552 g/mol. The molecule has 5 rings (SSSR count). The molecule has 4 aromatic rings. The van der Waals surface area contributed by atoms with E-state index in [2.05, 4.69) is 28.4 Å². The lowest BCUT2D eigenvalue weighted by atomic mass is 10.00. The van der Waals surface area contributed by atoms with E-state index in [9.17, 15) is 13.5 Å². The standard InChI is InChI=1S/C28H33ClN6O4S/c1-4-22-13-20(7-10-30-22)16-31-23-15-26(29)33-35-27(18(2)32-28(23)35)21-5-6-24(39-3)25(14-21)40(37,38)34-11-8-19(17-36)9-12-34/h5-7,10,13-15,19,31,36H,4,8-9,11-12,16-17H2,1-3H3. The Labute approximate surface area is 239 Å². The number of ether oxygens (including phenoxy) is 1. The molecule has 0 spiro atoms. The van der Waals surface area contributed by atoms with E-state index in [0.717, 1.165) is 17.7 Å². The molecule has 3 aromatic heterocycles. The Hall–Kier alpha value is -3.25. The smallest absolute Gasteiger partial charge is 0.246 e. The average molecular weight is 585 g/mol. The first kappa shape index (κ1) is 28.3. The van der Waals surface area contributed by atoms with Crippen molar-refractivity contribution in [1.82, 2.24) is 23.9 Å². The van der Waals surface area contributed by atoms with Crippen molar-refractivity contribution in [2.45, 2.75) is 44.6 Å². The van der Waals surface area contributed by atoms with Crippen LogP contribution in [0.2, 0.25) is 5.15 Å². The van der Waals surface area contributed by atoms with Crippen LogP contribution >= 0.6 is 11.6 Å². The summed E-state index contributed by atoms with van der Waals surface area (Å²) in [4.78, 5) is 9.21. The molecule has 0 aliphatic carbocycles. The van der Waals surface area contributed by atoms with Crippen LogP contribution in [-0.2, 0) is 23.0 Å². The summed E-state index contributed by atoms with van der Waals surface area (Å²) in [6.07, 6.45) is 3.87. The summed E-state index contributed by atoms with van der Waals surface area (Å²) in [6.45, 7) is 5.23.